The molecule has 4 amide bonds. The van der Waals surface area contributed by atoms with Crippen molar-refractivity contribution in [3.63, 3.8) is 0 Å². The number of nitrogens with one attached hydrogen (secondary N) is 2. The third-order valence-electron chi connectivity index (χ3n) is 4.35. The zero-order valence-electron chi connectivity index (χ0n) is 14.8. The van der Waals surface area contributed by atoms with Crippen molar-refractivity contribution >= 4 is 39.5 Å². The molecule has 0 saturated carbocycles. The first-order chi connectivity index (χ1) is 12.8. The van der Waals surface area contributed by atoms with Gasteiger partial charge < -0.3 is 15.4 Å². The molecule has 1 atom stereocenters. The van der Waals surface area contributed by atoms with Crippen LogP contribution < -0.4 is 15.4 Å². The quantitative estimate of drug-likeness (QED) is 0.712. The molecule has 1 aliphatic heterocycles. The molecule has 0 bridgehead atoms. The summed E-state index contributed by atoms with van der Waals surface area (Å²) in [5.74, 6) is -0.287. The van der Waals surface area contributed by atoms with E-state index in [-0.39, 0.29) is 6.54 Å². The SMILES string of the molecule is COc1ccc(NC(=O)CN2C(=O)NC(C)(c3cccc(Br)c3)C2=O)cc1. The number of halogens is 1. The third kappa shape index (κ3) is 3.80. The average Bonchev–Trinajstić information content (AvgIpc) is 2.86. The van der Waals surface area contributed by atoms with Gasteiger partial charge in [0.25, 0.3) is 5.91 Å². The third-order valence-corrected chi connectivity index (χ3v) is 4.85. The van der Waals surface area contributed by atoms with Crippen LogP contribution in [-0.4, -0.2) is 36.4 Å². The number of hydrogen-bond donors (Lipinski definition) is 2. The fraction of sp³-hybridized carbons (Fsp3) is 0.211. The van der Waals surface area contributed by atoms with Gasteiger partial charge in [-0.15, -0.1) is 0 Å². The summed E-state index contributed by atoms with van der Waals surface area (Å²) in [4.78, 5) is 38.4. The molecule has 8 heteroatoms. The summed E-state index contributed by atoms with van der Waals surface area (Å²) >= 11 is 3.36. The van der Waals surface area contributed by atoms with Gasteiger partial charge in [0.05, 0.1) is 7.11 Å². The number of amides is 4. The molecule has 1 saturated heterocycles. The largest absolute Gasteiger partial charge is 0.497 e. The van der Waals surface area contributed by atoms with Crippen molar-refractivity contribution in [3.8, 4) is 5.75 Å². The number of rotatable bonds is 5. The van der Waals surface area contributed by atoms with E-state index in [1.165, 1.54) is 0 Å². The van der Waals surface area contributed by atoms with E-state index >= 15 is 0 Å². The smallest absolute Gasteiger partial charge is 0.325 e. The first-order valence-corrected chi connectivity index (χ1v) is 8.97. The predicted molar refractivity (Wildman–Crippen MR) is 103 cm³/mol. The van der Waals surface area contributed by atoms with Crippen molar-refractivity contribution in [1.82, 2.24) is 10.2 Å². The highest BCUT2D eigenvalue weighted by Gasteiger charge is 2.49. The van der Waals surface area contributed by atoms with E-state index in [1.807, 2.05) is 6.07 Å². The Kier molecular flexibility index (Phi) is 5.18. The molecular formula is C19H18BrN3O4. The molecule has 27 heavy (non-hydrogen) atoms. The van der Waals surface area contributed by atoms with E-state index < -0.39 is 23.4 Å². The van der Waals surface area contributed by atoms with Crippen LogP contribution in [-0.2, 0) is 15.1 Å². The highest BCUT2D eigenvalue weighted by atomic mass is 79.9. The molecular weight excluding hydrogens is 414 g/mol. The maximum atomic E-state index is 12.9. The van der Waals surface area contributed by atoms with E-state index in [2.05, 4.69) is 26.6 Å². The Balaban J connectivity index is 1.72. The second kappa shape index (κ2) is 7.40. The number of urea groups is 1. The van der Waals surface area contributed by atoms with Crippen molar-refractivity contribution in [1.29, 1.82) is 0 Å². The van der Waals surface area contributed by atoms with Gasteiger partial charge in [-0.2, -0.15) is 0 Å². The topological polar surface area (TPSA) is 87.7 Å². The van der Waals surface area contributed by atoms with Gasteiger partial charge in [-0.1, -0.05) is 28.1 Å². The predicted octanol–water partition coefficient (Wildman–Crippen LogP) is 2.86. The first kappa shape index (κ1) is 18.9. The van der Waals surface area contributed by atoms with Crippen molar-refractivity contribution in [3.05, 3.63) is 58.6 Å². The summed E-state index contributed by atoms with van der Waals surface area (Å²) in [6, 6.07) is 13.3. The number of anilines is 1. The zero-order valence-corrected chi connectivity index (χ0v) is 16.4. The molecule has 2 aromatic rings. The van der Waals surface area contributed by atoms with Crippen LogP contribution in [0.15, 0.2) is 53.0 Å². The van der Waals surface area contributed by atoms with E-state index in [4.69, 9.17) is 4.74 Å². The van der Waals surface area contributed by atoms with Crippen LogP contribution in [0.2, 0.25) is 0 Å². The minimum atomic E-state index is -1.22. The van der Waals surface area contributed by atoms with Gasteiger partial charge >= 0.3 is 6.03 Å². The Morgan fingerprint density at radius 3 is 2.56 bits per heavy atom. The molecule has 1 fully saturated rings. The van der Waals surface area contributed by atoms with Crippen molar-refractivity contribution in [2.24, 2.45) is 0 Å². The number of carbonyl (C=O) groups is 3. The summed E-state index contributed by atoms with van der Waals surface area (Å²) in [5, 5.41) is 5.34. The van der Waals surface area contributed by atoms with E-state index in [1.54, 1.807) is 56.5 Å². The number of carbonyl (C=O) groups excluding carboxylic acids is 3. The fourth-order valence-electron chi connectivity index (χ4n) is 2.85. The lowest BCUT2D eigenvalue weighted by molar-refractivity contribution is -0.133. The Morgan fingerprint density at radius 1 is 1.22 bits per heavy atom. The molecule has 2 aromatic carbocycles. The Hall–Kier alpha value is -2.87. The summed E-state index contributed by atoms with van der Waals surface area (Å²) < 4.78 is 5.85. The Labute approximate surface area is 164 Å². The van der Waals surface area contributed by atoms with Gasteiger partial charge in [0, 0.05) is 10.2 Å². The minimum Gasteiger partial charge on any atom is -0.497 e. The number of hydrogen-bond acceptors (Lipinski definition) is 4. The zero-order chi connectivity index (χ0) is 19.6. The van der Waals surface area contributed by atoms with Crippen molar-refractivity contribution in [2.75, 3.05) is 19.0 Å². The van der Waals surface area contributed by atoms with E-state index in [0.29, 0.717) is 17.0 Å². The fourth-order valence-corrected chi connectivity index (χ4v) is 3.25. The Bertz CT molecular complexity index is 900. The van der Waals surface area contributed by atoms with Gasteiger partial charge in [-0.25, -0.2) is 4.79 Å². The summed E-state index contributed by atoms with van der Waals surface area (Å²) in [7, 11) is 1.55. The number of nitrogens with zero attached hydrogens (tertiary/aromatic N) is 1. The van der Waals surface area contributed by atoms with E-state index in [0.717, 1.165) is 9.37 Å². The van der Waals surface area contributed by atoms with Crippen LogP contribution in [0.4, 0.5) is 10.5 Å². The second-order valence-electron chi connectivity index (χ2n) is 6.23. The molecule has 140 valence electrons. The highest BCUT2D eigenvalue weighted by molar-refractivity contribution is 9.10. The summed E-state index contributed by atoms with van der Waals surface area (Å²) in [6.07, 6.45) is 0. The van der Waals surface area contributed by atoms with Crippen molar-refractivity contribution < 1.29 is 19.1 Å². The monoisotopic (exact) mass is 431 g/mol. The van der Waals surface area contributed by atoms with Crippen LogP contribution in [0, 0.1) is 0 Å². The van der Waals surface area contributed by atoms with Crippen LogP contribution >= 0.6 is 15.9 Å². The molecule has 1 aliphatic rings. The minimum absolute atomic E-state index is 0.375. The molecule has 2 N–H and O–H groups in total. The molecule has 1 heterocycles. The van der Waals surface area contributed by atoms with Gasteiger partial charge in [0.2, 0.25) is 5.91 Å². The maximum absolute atomic E-state index is 12.9. The normalized spacial score (nSPS) is 19.0. The average molecular weight is 432 g/mol. The second-order valence-corrected chi connectivity index (χ2v) is 7.15. The van der Waals surface area contributed by atoms with Gasteiger partial charge in [-0.3, -0.25) is 14.5 Å². The molecule has 0 spiro atoms. The van der Waals surface area contributed by atoms with Crippen LogP contribution in [0.5, 0.6) is 5.75 Å². The maximum Gasteiger partial charge on any atom is 0.325 e. The van der Waals surface area contributed by atoms with Gasteiger partial charge in [-0.05, 0) is 48.9 Å². The number of methoxy groups -OCH3 is 1. The Morgan fingerprint density at radius 2 is 1.93 bits per heavy atom. The summed E-state index contributed by atoms with van der Waals surface area (Å²) in [5.41, 5.74) is -0.0442. The molecule has 0 aromatic heterocycles. The molecule has 3 rings (SSSR count). The highest BCUT2D eigenvalue weighted by Crippen LogP contribution is 2.30. The van der Waals surface area contributed by atoms with Gasteiger partial charge in [0.15, 0.2) is 0 Å². The first-order valence-electron chi connectivity index (χ1n) is 8.17. The number of ether oxygens (including phenoxy) is 1. The van der Waals surface area contributed by atoms with Crippen LogP contribution in [0.3, 0.4) is 0 Å². The van der Waals surface area contributed by atoms with Crippen LogP contribution in [0.25, 0.3) is 0 Å². The number of benzene rings is 2. The lowest BCUT2D eigenvalue weighted by atomic mass is 9.92. The number of imide groups is 1. The van der Waals surface area contributed by atoms with Crippen LogP contribution in [0.1, 0.15) is 12.5 Å². The van der Waals surface area contributed by atoms with E-state index in [9.17, 15) is 14.4 Å². The lowest BCUT2D eigenvalue weighted by Crippen LogP contribution is -2.42. The molecule has 0 aliphatic carbocycles. The molecule has 1 unspecified atom stereocenters. The molecule has 0 radical (unpaired) electrons. The van der Waals surface area contributed by atoms with Crippen molar-refractivity contribution in [2.45, 2.75) is 12.5 Å². The molecule has 7 nitrogen and oxygen atoms in total. The lowest BCUT2D eigenvalue weighted by Gasteiger charge is -2.22. The standard InChI is InChI=1S/C19H18BrN3O4/c1-19(12-4-3-5-13(20)10-12)17(25)23(18(26)22-19)11-16(24)21-14-6-8-15(27-2)9-7-14/h3-10H,11H2,1-2H3,(H,21,24)(H,22,26). The van der Waals surface area contributed by atoms with Gasteiger partial charge in [0.1, 0.15) is 17.8 Å². The summed E-state index contributed by atoms with van der Waals surface area (Å²) in [6.45, 7) is 1.25.